The molecule has 0 amide bonds. The highest BCUT2D eigenvalue weighted by atomic mass is 35.5. The van der Waals surface area contributed by atoms with Gasteiger partial charge in [-0.15, -0.1) is 12.4 Å². The predicted octanol–water partition coefficient (Wildman–Crippen LogP) is 4.26. The third-order valence-corrected chi connectivity index (χ3v) is 3.60. The molecule has 0 fully saturated rings. The first-order valence-electron chi connectivity index (χ1n) is 6.85. The fourth-order valence-electron chi connectivity index (χ4n) is 2.59. The molecule has 114 valence electrons. The molecule has 0 radical (unpaired) electrons. The van der Waals surface area contributed by atoms with Crippen LogP contribution in [0.1, 0.15) is 11.1 Å². The number of nitrogens with zero attached hydrogens (tertiary/aromatic N) is 1. The molecular weight excluding hydrogens is 298 g/mol. The van der Waals surface area contributed by atoms with Gasteiger partial charge in [-0.25, -0.2) is 0 Å². The zero-order valence-corrected chi connectivity index (χ0v) is 13.4. The number of hydrogen-bond donors (Lipinski definition) is 0. The van der Waals surface area contributed by atoms with E-state index in [1.54, 1.807) is 14.2 Å². The Labute approximate surface area is 136 Å². The SMILES string of the molecule is COc1ccc2c(Cc3ccccc3)cncc2c1OC.Cl. The summed E-state index contributed by atoms with van der Waals surface area (Å²) in [5, 5.41) is 2.12. The minimum absolute atomic E-state index is 0. The molecular formula is C18H18ClNO2. The third kappa shape index (κ3) is 3.00. The first-order chi connectivity index (χ1) is 10.3. The highest BCUT2D eigenvalue weighted by Crippen LogP contribution is 2.36. The molecule has 0 aliphatic rings. The second-order valence-electron chi connectivity index (χ2n) is 4.86. The Morgan fingerprint density at radius 1 is 0.864 bits per heavy atom. The first kappa shape index (κ1) is 16.1. The van der Waals surface area contributed by atoms with E-state index in [4.69, 9.17) is 9.47 Å². The molecule has 0 bridgehead atoms. The lowest BCUT2D eigenvalue weighted by Gasteiger charge is -2.12. The van der Waals surface area contributed by atoms with Crippen molar-refractivity contribution in [1.82, 2.24) is 4.98 Å². The van der Waals surface area contributed by atoms with Crippen LogP contribution >= 0.6 is 12.4 Å². The summed E-state index contributed by atoms with van der Waals surface area (Å²) < 4.78 is 10.8. The monoisotopic (exact) mass is 315 g/mol. The van der Waals surface area contributed by atoms with Crippen molar-refractivity contribution in [3.63, 3.8) is 0 Å². The van der Waals surface area contributed by atoms with Crippen LogP contribution in [-0.4, -0.2) is 19.2 Å². The van der Waals surface area contributed by atoms with E-state index in [1.807, 2.05) is 24.5 Å². The van der Waals surface area contributed by atoms with E-state index >= 15 is 0 Å². The van der Waals surface area contributed by atoms with Gasteiger partial charge in [-0.3, -0.25) is 4.98 Å². The Morgan fingerprint density at radius 3 is 2.32 bits per heavy atom. The van der Waals surface area contributed by atoms with E-state index in [0.29, 0.717) is 0 Å². The number of pyridine rings is 1. The van der Waals surface area contributed by atoms with Gasteiger partial charge in [-0.05, 0) is 29.0 Å². The second-order valence-corrected chi connectivity index (χ2v) is 4.86. The smallest absolute Gasteiger partial charge is 0.170 e. The normalized spacial score (nSPS) is 10.1. The van der Waals surface area contributed by atoms with Crippen molar-refractivity contribution in [2.45, 2.75) is 6.42 Å². The summed E-state index contributed by atoms with van der Waals surface area (Å²) in [6.07, 6.45) is 4.59. The molecule has 1 heterocycles. The lowest BCUT2D eigenvalue weighted by molar-refractivity contribution is 0.358. The molecule has 0 saturated heterocycles. The summed E-state index contributed by atoms with van der Waals surface area (Å²) in [6.45, 7) is 0. The molecule has 0 atom stereocenters. The number of aromatic nitrogens is 1. The van der Waals surface area contributed by atoms with Crippen molar-refractivity contribution in [1.29, 1.82) is 0 Å². The summed E-state index contributed by atoms with van der Waals surface area (Å²) >= 11 is 0. The van der Waals surface area contributed by atoms with Crippen LogP contribution in [0.15, 0.2) is 54.9 Å². The minimum atomic E-state index is 0. The van der Waals surface area contributed by atoms with Gasteiger partial charge < -0.3 is 9.47 Å². The van der Waals surface area contributed by atoms with Gasteiger partial charge in [0, 0.05) is 17.8 Å². The number of methoxy groups -OCH3 is 2. The Hall–Kier alpha value is -2.26. The molecule has 22 heavy (non-hydrogen) atoms. The fraction of sp³-hybridized carbons (Fsp3) is 0.167. The van der Waals surface area contributed by atoms with Crippen LogP contribution in [0.5, 0.6) is 11.5 Å². The maximum Gasteiger partial charge on any atom is 0.170 e. The Kier molecular flexibility index (Phi) is 5.23. The van der Waals surface area contributed by atoms with Crippen molar-refractivity contribution in [3.05, 3.63) is 66.0 Å². The molecule has 1 aromatic heterocycles. The van der Waals surface area contributed by atoms with E-state index in [9.17, 15) is 0 Å². The van der Waals surface area contributed by atoms with Gasteiger partial charge in [0.15, 0.2) is 11.5 Å². The largest absolute Gasteiger partial charge is 0.493 e. The van der Waals surface area contributed by atoms with Gasteiger partial charge in [0.05, 0.1) is 14.2 Å². The van der Waals surface area contributed by atoms with Crippen LogP contribution in [0.3, 0.4) is 0 Å². The standard InChI is InChI=1S/C18H17NO2.ClH/c1-20-17-9-8-15-14(10-13-6-4-3-5-7-13)11-19-12-16(15)18(17)21-2;/h3-9,11-12H,10H2,1-2H3;1H. The first-order valence-corrected chi connectivity index (χ1v) is 6.85. The molecule has 0 aliphatic carbocycles. The predicted molar refractivity (Wildman–Crippen MR) is 91.3 cm³/mol. The van der Waals surface area contributed by atoms with Crippen LogP contribution in [0.2, 0.25) is 0 Å². The minimum Gasteiger partial charge on any atom is -0.493 e. The van der Waals surface area contributed by atoms with Gasteiger partial charge in [0.2, 0.25) is 0 Å². The van der Waals surface area contributed by atoms with Crippen molar-refractivity contribution in [2.24, 2.45) is 0 Å². The highest BCUT2D eigenvalue weighted by molar-refractivity contribution is 5.92. The maximum atomic E-state index is 5.49. The van der Waals surface area contributed by atoms with Crippen LogP contribution < -0.4 is 9.47 Å². The Bertz CT molecular complexity index is 760. The van der Waals surface area contributed by atoms with Gasteiger partial charge in [-0.1, -0.05) is 36.4 Å². The van der Waals surface area contributed by atoms with E-state index in [1.165, 1.54) is 11.1 Å². The van der Waals surface area contributed by atoms with Gasteiger partial charge in [-0.2, -0.15) is 0 Å². The number of benzene rings is 2. The van der Waals surface area contributed by atoms with Crippen LogP contribution in [-0.2, 0) is 6.42 Å². The maximum absolute atomic E-state index is 5.49. The van der Waals surface area contributed by atoms with Crippen molar-refractivity contribution >= 4 is 23.2 Å². The molecule has 0 N–H and O–H groups in total. The number of halogens is 1. The van der Waals surface area contributed by atoms with Crippen molar-refractivity contribution < 1.29 is 9.47 Å². The number of rotatable bonds is 4. The topological polar surface area (TPSA) is 31.4 Å². The zero-order valence-electron chi connectivity index (χ0n) is 12.6. The lowest BCUT2D eigenvalue weighted by atomic mass is 10.0. The Balaban J connectivity index is 0.00000176. The molecule has 4 heteroatoms. The lowest BCUT2D eigenvalue weighted by Crippen LogP contribution is -1.95. The zero-order chi connectivity index (χ0) is 14.7. The Morgan fingerprint density at radius 2 is 1.64 bits per heavy atom. The summed E-state index contributed by atoms with van der Waals surface area (Å²) in [4.78, 5) is 4.36. The summed E-state index contributed by atoms with van der Waals surface area (Å²) in [5.41, 5.74) is 2.45. The highest BCUT2D eigenvalue weighted by Gasteiger charge is 2.11. The van der Waals surface area contributed by atoms with Crippen molar-refractivity contribution in [3.8, 4) is 11.5 Å². The fourth-order valence-corrected chi connectivity index (χ4v) is 2.59. The summed E-state index contributed by atoms with van der Waals surface area (Å²) in [6, 6.07) is 14.4. The number of hydrogen-bond acceptors (Lipinski definition) is 3. The van der Waals surface area contributed by atoms with E-state index in [0.717, 1.165) is 28.7 Å². The average molecular weight is 316 g/mol. The van der Waals surface area contributed by atoms with E-state index in [2.05, 4.69) is 35.3 Å². The third-order valence-electron chi connectivity index (χ3n) is 3.60. The van der Waals surface area contributed by atoms with Gasteiger partial charge in [0.25, 0.3) is 0 Å². The van der Waals surface area contributed by atoms with Gasteiger partial charge in [0.1, 0.15) is 0 Å². The van der Waals surface area contributed by atoms with E-state index < -0.39 is 0 Å². The molecule has 2 aromatic carbocycles. The molecule has 3 aromatic rings. The number of ether oxygens (including phenoxy) is 2. The molecule has 3 nitrogen and oxygen atoms in total. The van der Waals surface area contributed by atoms with Gasteiger partial charge >= 0.3 is 0 Å². The molecule has 0 aliphatic heterocycles. The van der Waals surface area contributed by atoms with Crippen molar-refractivity contribution in [2.75, 3.05) is 14.2 Å². The van der Waals surface area contributed by atoms with Crippen LogP contribution in [0.25, 0.3) is 10.8 Å². The molecule has 3 rings (SSSR count). The van der Waals surface area contributed by atoms with Crippen LogP contribution in [0, 0.1) is 0 Å². The quantitative estimate of drug-likeness (QED) is 0.720. The molecule has 0 saturated carbocycles. The average Bonchev–Trinajstić information content (AvgIpc) is 2.55. The van der Waals surface area contributed by atoms with Crippen LogP contribution in [0.4, 0.5) is 0 Å². The van der Waals surface area contributed by atoms with E-state index in [-0.39, 0.29) is 12.4 Å². The number of fused-ring (bicyclic) bond motifs is 1. The molecule has 0 unspecified atom stereocenters. The molecule has 0 spiro atoms. The second kappa shape index (κ2) is 7.14. The summed E-state index contributed by atoms with van der Waals surface area (Å²) in [5.74, 6) is 1.46. The summed E-state index contributed by atoms with van der Waals surface area (Å²) in [7, 11) is 3.30.